The molecule has 1 heterocycles. The molecule has 0 saturated carbocycles. The Morgan fingerprint density at radius 1 is 1.36 bits per heavy atom. The minimum atomic E-state index is -0.634. The highest BCUT2D eigenvalue weighted by Crippen LogP contribution is 2.17. The van der Waals surface area contributed by atoms with Gasteiger partial charge in [-0.2, -0.15) is 8.98 Å². The Bertz CT molecular complexity index is 306. The fourth-order valence-electron chi connectivity index (χ4n) is 1.17. The molecule has 0 spiro atoms. The summed E-state index contributed by atoms with van der Waals surface area (Å²) in [7, 11) is 0. The second-order valence-corrected chi connectivity index (χ2v) is 4.56. The van der Waals surface area contributed by atoms with Gasteiger partial charge < -0.3 is 4.74 Å². The second kappa shape index (κ2) is 4.48. The van der Waals surface area contributed by atoms with Crippen molar-refractivity contribution in [1.82, 2.24) is 0 Å². The number of para-hydroxylation sites is 1. The Balaban J connectivity index is 1.94. The van der Waals surface area contributed by atoms with Crippen molar-refractivity contribution in [2.24, 2.45) is 0 Å². The van der Waals surface area contributed by atoms with Crippen molar-refractivity contribution < 1.29 is 13.7 Å². The third-order valence-electron chi connectivity index (χ3n) is 1.83. The van der Waals surface area contributed by atoms with Gasteiger partial charge in [-0.25, -0.2) is 0 Å². The Morgan fingerprint density at radius 2 is 2.14 bits per heavy atom. The first-order valence-electron chi connectivity index (χ1n) is 4.47. The summed E-state index contributed by atoms with van der Waals surface area (Å²) in [6.07, 6.45) is 0.951. The van der Waals surface area contributed by atoms with Crippen LogP contribution in [-0.2, 0) is 15.4 Å². The first kappa shape index (κ1) is 9.55. The van der Waals surface area contributed by atoms with Crippen LogP contribution in [0.25, 0.3) is 0 Å². The third kappa shape index (κ3) is 2.27. The molecule has 0 aromatic heterocycles. The van der Waals surface area contributed by atoms with Gasteiger partial charge in [-0.3, -0.25) is 0 Å². The monoisotopic (exact) mass is 211 g/mol. The van der Waals surface area contributed by atoms with Crippen LogP contribution in [0.4, 0.5) is 4.79 Å². The maximum atomic E-state index is 11.5. The molecular formula is C10H11O3S+. The number of rotatable bonds is 1. The minimum Gasteiger partial charge on any atom is -0.384 e. The number of benzene rings is 1. The first-order valence-corrected chi connectivity index (χ1v) is 5.79. The number of hydrogen-bond donors (Lipinski definition) is 0. The number of ether oxygens (including phenoxy) is 1. The summed E-state index contributed by atoms with van der Waals surface area (Å²) in [5, 5.41) is -0.256. The predicted octanol–water partition coefficient (Wildman–Crippen LogP) is 2.14. The van der Waals surface area contributed by atoms with Crippen molar-refractivity contribution in [3.63, 3.8) is 0 Å². The summed E-state index contributed by atoms with van der Waals surface area (Å²) < 4.78 is 10.4. The topological polar surface area (TPSA) is 35.5 Å². The summed E-state index contributed by atoms with van der Waals surface area (Å²) in [6, 6.07) is 9.07. The average Bonchev–Trinajstić information content (AvgIpc) is 2.72. The zero-order valence-corrected chi connectivity index (χ0v) is 8.46. The van der Waals surface area contributed by atoms with E-state index in [1.54, 1.807) is 12.1 Å². The third-order valence-corrected chi connectivity index (χ3v) is 3.40. The molecule has 1 aliphatic rings. The number of hydrogen-bond acceptors (Lipinski definition) is 3. The van der Waals surface area contributed by atoms with Gasteiger partial charge >= 0.3 is 5.30 Å². The summed E-state index contributed by atoms with van der Waals surface area (Å²) in [5.74, 6) is 1.38. The van der Waals surface area contributed by atoms with Crippen molar-refractivity contribution >= 4 is 16.5 Å². The van der Waals surface area contributed by atoms with E-state index in [0.29, 0.717) is 12.4 Å². The lowest BCUT2D eigenvalue weighted by Gasteiger charge is -1.99. The van der Waals surface area contributed by atoms with E-state index in [9.17, 15) is 4.79 Å². The molecule has 4 heteroatoms. The van der Waals surface area contributed by atoms with Gasteiger partial charge in [0.1, 0.15) is 12.4 Å². The molecular weight excluding hydrogens is 200 g/mol. The van der Waals surface area contributed by atoms with Gasteiger partial charge in [-0.15, -0.1) is 0 Å². The normalized spacial score (nSPS) is 20.7. The van der Waals surface area contributed by atoms with Gasteiger partial charge in [0.25, 0.3) is 11.2 Å². The largest absolute Gasteiger partial charge is 0.566 e. The van der Waals surface area contributed by atoms with E-state index >= 15 is 0 Å². The van der Waals surface area contributed by atoms with E-state index in [0.717, 1.165) is 12.2 Å². The number of carbonyl (C=O) groups is 1. The highest BCUT2D eigenvalue weighted by atomic mass is 32.2. The molecule has 0 N–H and O–H groups in total. The van der Waals surface area contributed by atoms with Crippen molar-refractivity contribution in [3.05, 3.63) is 30.3 Å². The van der Waals surface area contributed by atoms with Crippen LogP contribution in [-0.4, -0.2) is 17.7 Å². The van der Waals surface area contributed by atoms with Crippen LogP contribution in [0.1, 0.15) is 6.42 Å². The van der Waals surface area contributed by atoms with Crippen LogP contribution in [0.2, 0.25) is 0 Å². The van der Waals surface area contributed by atoms with E-state index in [1.165, 1.54) is 0 Å². The highest BCUT2D eigenvalue weighted by Gasteiger charge is 2.39. The fraction of sp³-hybridized carbons (Fsp3) is 0.300. The first-order chi connectivity index (χ1) is 6.86. The van der Waals surface area contributed by atoms with Crippen LogP contribution < -0.4 is 4.74 Å². The molecule has 74 valence electrons. The summed E-state index contributed by atoms with van der Waals surface area (Å²) in [5.41, 5.74) is 0. The fourth-order valence-corrected chi connectivity index (χ4v) is 2.44. The van der Waals surface area contributed by atoms with E-state index in [1.807, 2.05) is 18.2 Å². The van der Waals surface area contributed by atoms with Gasteiger partial charge in [0.2, 0.25) is 0 Å². The number of carbonyl (C=O) groups excluding carboxylic acids is 1. The maximum absolute atomic E-state index is 11.5. The molecule has 1 unspecified atom stereocenters. The molecule has 2 rings (SSSR count). The standard InChI is InChI=1S/C10H11O3S/c11-10(14-8-4-7-12-14)13-9-5-2-1-3-6-9/h1-3,5-6H,4,7-8H2/q+1. The lowest BCUT2D eigenvalue weighted by Crippen LogP contribution is -2.19. The Morgan fingerprint density at radius 3 is 2.79 bits per heavy atom. The summed E-state index contributed by atoms with van der Waals surface area (Å²) in [6.45, 7) is 0.674. The summed E-state index contributed by atoms with van der Waals surface area (Å²) in [4.78, 5) is 11.5. The molecule has 1 fully saturated rings. The van der Waals surface area contributed by atoms with Gasteiger partial charge in [0, 0.05) is 6.42 Å². The smallest absolute Gasteiger partial charge is 0.384 e. The molecule has 1 aliphatic heterocycles. The minimum absolute atomic E-state index is 0.256. The van der Waals surface area contributed by atoms with Crippen LogP contribution >= 0.6 is 0 Å². The molecule has 0 amide bonds. The lowest BCUT2D eigenvalue weighted by molar-refractivity contribution is 0.223. The molecule has 1 saturated heterocycles. The molecule has 3 nitrogen and oxygen atoms in total. The van der Waals surface area contributed by atoms with E-state index in [2.05, 4.69) is 0 Å². The van der Waals surface area contributed by atoms with Crippen LogP contribution in [0.5, 0.6) is 5.75 Å². The zero-order chi connectivity index (χ0) is 9.80. The van der Waals surface area contributed by atoms with Gasteiger partial charge in [-0.1, -0.05) is 18.2 Å². The molecule has 0 radical (unpaired) electrons. The molecule has 0 bridgehead atoms. The highest BCUT2D eigenvalue weighted by molar-refractivity contribution is 8.06. The Hall–Kier alpha value is -1.00. The van der Waals surface area contributed by atoms with E-state index < -0.39 is 11.2 Å². The van der Waals surface area contributed by atoms with Crippen molar-refractivity contribution in [3.8, 4) is 5.75 Å². The lowest BCUT2D eigenvalue weighted by atomic mass is 10.3. The quantitative estimate of drug-likeness (QED) is 0.527. The molecule has 1 aromatic carbocycles. The van der Waals surface area contributed by atoms with Gasteiger partial charge in [0.05, 0.1) is 0 Å². The van der Waals surface area contributed by atoms with Gasteiger partial charge in [-0.05, 0) is 12.1 Å². The SMILES string of the molecule is O=C(Oc1ccccc1)[S+]1CCCO1. The van der Waals surface area contributed by atoms with Gasteiger partial charge in [0.15, 0.2) is 5.75 Å². The van der Waals surface area contributed by atoms with Crippen molar-refractivity contribution in [1.29, 1.82) is 0 Å². The Labute approximate surface area is 85.6 Å². The average molecular weight is 211 g/mol. The Kier molecular flexibility index (Phi) is 3.06. The van der Waals surface area contributed by atoms with Crippen LogP contribution in [0, 0.1) is 0 Å². The molecule has 1 aromatic rings. The van der Waals surface area contributed by atoms with Crippen molar-refractivity contribution in [2.45, 2.75) is 6.42 Å². The van der Waals surface area contributed by atoms with E-state index in [-0.39, 0.29) is 5.30 Å². The van der Waals surface area contributed by atoms with Crippen LogP contribution in [0.3, 0.4) is 0 Å². The predicted molar refractivity (Wildman–Crippen MR) is 55.3 cm³/mol. The molecule has 14 heavy (non-hydrogen) atoms. The molecule has 1 atom stereocenters. The zero-order valence-electron chi connectivity index (χ0n) is 7.64. The van der Waals surface area contributed by atoms with Crippen molar-refractivity contribution in [2.75, 3.05) is 12.4 Å². The second-order valence-electron chi connectivity index (χ2n) is 2.89. The summed E-state index contributed by atoms with van der Waals surface area (Å²) >= 11 is -0.634. The maximum Gasteiger partial charge on any atom is 0.566 e. The van der Waals surface area contributed by atoms with E-state index in [4.69, 9.17) is 8.92 Å². The molecule has 0 aliphatic carbocycles. The van der Waals surface area contributed by atoms with Crippen LogP contribution in [0.15, 0.2) is 30.3 Å².